The van der Waals surface area contributed by atoms with E-state index in [-0.39, 0.29) is 36.7 Å². The number of benzene rings is 1. The van der Waals surface area contributed by atoms with Gasteiger partial charge in [0, 0.05) is 17.7 Å². The van der Waals surface area contributed by atoms with Crippen molar-refractivity contribution in [3.05, 3.63) is 18.2 Å². The Hall–Kier alpha value is -1.79. The van der Waals surface area contributed by atoms with Crippen molar-refractivity contribution in [2.24, 2.45) is 11.8 Å². The summed E-state index contributed by atoms with van der Waals surface area (Å²) >= 11 is 0. The van der Waals surface area contributed by atoms with Crippen LogP contribution in [0.15, 0.2) is 18.2 Å². The largest absolute Gasteiger partial charge is 0.482 e. The van der Waals surface area contributed by atoms with Gasteiger partial charge in [-0.3, -0.25) is 9.59 Å². The lowest BCUT2D eigenvalue weighted by atomic mass is 9.88. The Morgan fingerprint density at radius 3 is 2.86 bits per heavy atom. The lowest BCUT2D eigenvalue weighted by molar-refractivity contribution is -0.121. The van der Waals surface area contributed by atoms with Crippen LogP contribution in [0.5, 0.6) is 5.75 Å². The molecule has 114 valence electrons. The first kappa shape index (κ1) is 15.6. The van der Waals surface area contributed by atoms with Crippen molar-refractivity contribution in [3.63, 3.8) is 0 Å². The molecular weight excluding hydrogens is 294 g/mol. The molecule has 2 aliphatic heterocycles. The van der Waals surface area contributed by atoms with Crippen LogP contribution >= 0.6 is 12.4 Å². The fraction of sp³-hybridized carbons (Fsp3) is 0.429. The fourth-order valence-electron chi connectivity index (χ4n) is 2.29. The Balaban J connectivity index is 0.00000161. The number of hydrogen-bond donors (Lipinski definition) is 3. The molecule has 1 atom stereocenters. The Bertz CT molecular complexity index is 560. The highest BCUT2D eigenvalue weighted by Gasteiger charge is 2.28. The van der Waals surface area contributed by atoms with E-state index in [0.29, 0.717) is 23.0 Å². The quantitative estimate of drug-likeness (QED) is 0.784. The zero-order valence-electron chi connectivity index (χ0n) is 11.6. The van der Waals surface area contributed by atoms with Gasteiger partial charge in [-0.05, 0) is 31.1 Å². The number of carbonyl (C=O) groups excluding carboxylic acids is 2. The van der Waals surface area contributed by atoms with E-state index >= 15 is 0 Å². The third kappa shape index (κ3) is 3.28. The number of fused-ring (bicyclic) bond motifs is 1. The molecule has 1 fully saturated rings. The van der Waals surface area contributed by atoms with E-state index in [1.807, 2.05) is 6.92 Å². The van der Waals surface area contributed by atoms with Gasteiger partial charge in [-0.25, -0.2) is 0 Å². The van der Waals surface area contributed by atoms with Crippen LogP contribution in [-0.2, 0) is 9.59 Å². The summed E-state index contributed by atoms with van der Waals surface area (Å²) in [4.78, 5) is 23.3. The van der Waals surface area contributed by atoms with Crippen molar-refractivity contribution in [3.8, 4) is 5.75 Å². The van der Waals surface area contributed by atoms with E-state index < -0.39 is 0 Å². The molecule has 3 N–H and O–H groups in total. The van der Waals surface area contributed by atoms with Gasteiger partial charge in [0.25, 0.3) is 5.91 Å². The highest BCUT2D eigenvalue weighted by Crippen LogP contribution is 2.31. The van der Waals surface area contributed by atoms with Crippen molar-refractivity contribution >= 4 is 35.6 Å². The number of carbonyl (C=O) groups is 2. The fourth-order valence-corrected chi connectivity index (χ4v) is 2.29. The summed E-state index contributed by atoms with van der Waals surface area (Å²) < 4.78 is 5.32. The summed E-state index contributed by atoms with van der Waals surface area (Å²) in [5.74, 6) is 0.813. The van der Waals surface area contributed by atoms with Crippen LogP contribution in [-0.4, -0.2) is 31.5 Å². The Morgan fingerprint density at radius 1 is 1.43 bits per heavy atom. The smallest absolute Gasteiger partial charge is 0.262 e. The molecule has 6 nitrogen and oxygen atoms in total. The van der Waals surface area contributed by atoms with E-state index in [4.69, 9.17) is 4.74 Å². The maximum Gasteiger partial charge on any atom is 0.262 e. The van der Waals surface area contributed by atoms with Crippen molar-refractivity contribution in [2.75, 3.05) is 30.3 Å². The molecule has 0 radical (unpaired) electrons. The number of amides is 2. The molecular formula is C14H18ClN3O3. The highest BCUT2D eigenvalue weighted by molar-refractivity contribution is 5.97. The molecule has 2 heterocycles. The molecule has 3 rings (SSSR count). The molecule has 2 aliphatic rings. The number of halogens is 1. The van der Waals surface area contributed by atoms with Crippen molar-refractivity contribution in [1.29, 1.82) is 0 Å². The SMILES string of the molecule is CC(C(=O)Nc1ccc2c(c1)OCC(=O)N2)C1CNC1.Cl. The Kier molecular flexibility index (Phi) is 4.69. The van der Waals surface area contributed by atoms with Crippen molar-refractivity contribution in [2.45, 2.75) is 6.92 Å². The van der Waals surface area contributed by atoms with E-state index in [2.05, 4.69) is 16.0 Å². The molecule has 21 heavy (non-hydrogen) atoms. The molecule has 0 spiro atoms. The maximum atomic E-state index is 12.1. The van der Waals surface area contributed by atoms with Crippen molar-refractivity contribution < 1.29 is 14.3 Å². The van der Waals surface area contributed by atoms with Gasteiger partial charge in [0.05, 0.1) is 5.69 Å². The first-order chi connectivity index (χ1) is 9.63. The average molecular weight is 312 g/mol. The second-order valence-electron chi connectivity index (χ2n) is 5.24. The van der Waals surface area contributed by atoms with Crippen LogP contribution in [0, 0.1) is 11.8 Å². The van der Waals surface area contributed by atoms with Gasteiger partial charge >= 0.3 is 0 Å². The van der Waals surface area contributed by atoms with Gasteiger partial charge in [0.1, 0.15) is 5.75 Å². The number of anilines is 2. The maximum absolute atomic E-state index is 12.1. The van der Waals surface area contributed by atoms with Gasteiger partial charge in [0.15, 0.2) is 6.61 Å². The number of hydrogen-bond acceptors (Lipinski definition) is 4. The minimum absolute atomic E-state index is 0. The van der Waals surface area contributed by atoms with Gasteiger partial charge < -0.3 is 20.7 Å². The summed E-state index contributed by atoms with van der Waals surface area (Å²) in [6.07, 6.45) is 0. The Morgan fingerprint density at radius 2 is 2.19 bits per heavy atom. The normalized spacial score (nSPS) is 18.2. The van der Waals surface area contributed by atoms with Gasteiger partial charge in [-0.15, -0.1) is 12.4 Å². The molecule has 7 heteroatoms. The topological polar surface area (TPSA) is 79.5 Å². The first-order valence-corrected chi connectivity index (χ1v) is 6.72. The van der Waals surface area contributed by atoms with Crippen LogP contribution in [0.2, 0.25) is 0 Å². The molecule has 1 aromatic carbocycles. The molecule has 2 amide bonds. The van der Waals surface area contributed by atoms with Crippen LogP contribution < -0.4 is 20.7 Å². The van der Waals surface area contributed by atoms with Crippen LogP contribution in [0.4, 0.5) is 11.4 Å². The molecule has 0 saturated carbocycles. The van der Waals surface area contributed by atoms with Gasteiger partial charge in [-0.2, -0.15) is 0 Å². The van der Waals surface area contributed by atoms with Crippen molar-refractivity contribution in [1.82, 2.24) is 5.32 Å². The molecule has 0 aromatic heterocycles. The van der Waals surface area contributed by atoms with E-state index in [9.17, 15) is 9.59 Å². The zero-order valence-corrected chi connectivity index (χ0v) is 12.5. The number of ether oxygens (including phenoxy) is 1. The van der Waals surface area contributed by atoms with E-state index in [0.717, 1.165) is 13.1 Å². The second-order valence-corrected chi connectivity index (χ2v) is 5.24. The summed E-state index contributed by atoms with van der Waals surface area (Å²) in [6.45, 7) is 3.74. The lowest BCUT2D eigenvalue weighted by Crippen LogP contribution is -2.48. The minimum Gasteiger partial charge on any atom is -0.482 e. The molecule has 1 saturated heterocycles. The zero-order chi connectivity index (χ0) is 14.1. The van der Waals surface area contributed by atoms with Crippen LogP contribution in [0.25, 0.3) is 0 Å². The monoisotopic (exact) mass is 311 g/mol. The third-order valence-electron chi connectivity index (χ3n) is 3.82. The number of nitrogens with one attached hydrogen (secondary N) is 3. The lowest BCUT2D eigenvalue weighted by Gasteiger charge is -2.31. The van der Waals surface area contributed by atoms with Crippen LogP contribution in [0.3, 0.4) is 0 Å². The first-order valence-electron chi connectivity index (χ1n) is 6.72. The molecule has 1 aromatic rings. The summed E-state index contributed by atoms with van der Waals surface area (Å²) in [5.41, 5.74) is 1.32. The van der Waals surface area contributed by atoms with Gasteiger partial charge in [-0.1, -0.05) is 6.92 Å². The van der Waals surface area contributed by atoms with Crippen LogP contribution in [0.1, 0.15) is 6.92 Å². The summed E-state index contributed by atoms with van der Waals surface area (Å²) in [7, 11) is 0. The molecule has 1 unspecified atom stereocenters. The second kappa shape index (κ2) is 6.32. The van der Waals surface area contributed by atoms with E-state index in [1.54, 1.807) is 18.2 Å². The highest BCUT2D eigenvalue weighted by atomic mass is 35.5. The summed E-state index contributed by atoms with van der Waals surface area (Å²) in [5, 5.41) is 8.77. The predicted octanol–water partition coefficient (Wildman–Crippen LogP) is 1.23. The predicted molar refractivity (Wildman–Crippen MR) is 82.0 cm³/mol. The Labute approximate surface area is 129 Å². The standard InChI is InChI=1S/C14H17N3O3.ClH/c1-8(9-5-15-6-9)14(19)16-10-2-3-11-12(4-10)20-7-13(18)17-11;/h2-4,8-9,15H,5-7H2,1H3,(H,16,19)(H,17,18);1H. The average Bonchev–Trinajstić information content (AvgIpc) is 2.37. The molecule has 0 aliphatic carbocycles. The third-order valence-corrected chi connectivity index (χ3v) is 3.82. The number of rotatable bonds is 3. The minimum atomic E-state index is -0.166. The van der Waals surface area contributed by atoms with E-state index in [1.165, 1.54) is 0 Å². The summed E-state index contributed by atoms with van der Waals surface area (Å²) in [6, 6.07) is 5.23. The molecule has 0 bridgehead atoms. The van der Waals surface area contributed by atoms with Gasteiger partial charge in [0.2, 0.25) is 5.91 Å².